The van der Waals surface area contributed by atoms with E-state index in [2.05, 4.69) is 0 Å². The molecule has 0 radical (unpaired) electrons. The zero-order valence-corrected chi connectivity index (χ0v) is 15.9. The number of thioether (sulfide) groups is 4. The lowest BCUT2D eigenvalue weighted by Gasteiger charge is -2.13. The van der Waals surface area contributed by atoms with E-state index in [4.69, 9.17) is 18.9 Å². The first kappa shape index (κ1) is 17.7. The number of allylic oxidation sites excluding steroid dienone is 2. The van der Waals surface area contributed by atoms with Crippen LogP contribution in [0.5, 0.6) is 0 Å². The van der Waals surface area contributed by atoms with E-state index in [0.29, 0.717) is 13.2 Å². The molecule has 6 nitrogen and oxygen atoms in total. The molecule has 0 aromatic rings. The average Bonchev–Trinajstić information content (AvgIpc) is 3.22. The fourth-order valence-corrected chi connectivity index (χ4v) is 6.13. The van der Waals surface area contributed by atoms with Crippen LogP contribution in [0, 0.1) is 0 Å². The Hall–Kier alpha value is -1.10. The summed E-state index contributed by atoms with van der Waals surface area (Å²) in [6.07, 6.45) is 3.76. The molecule has 0 spiro atoms. The van der Waals surface area contributed by atoms with Gasteiger partial charge in [0.15, 0.2) is 0 Å². The largest absolute Gasteiger partial charge is 0.480 e. The van der Waals surface area contributed by atoms with Crippen LogP contribution in [0.3, 0.4) is 0 Å². The van der Waals surface area contributed by atoms with Gasteiger partial charge >= 0.3 is 11.9 Å². The second-order valence-electron chi connectivity index (χ2n) is 4.29. The normalized spacial score (nSPS) is 19.6. The molecule has 24 heavy (non-hydrogen) atoms. The molecule has 3 heterocycles. The maximum atomic E-state index is 11.8. The SMILES string of the molecule is COC(=O)C1=C(C(=O)OC)SC(=CC=C2SC3=C(OCCO3)S2)S1. The fraction of sp³-hybridized carbons (Fsp3) is 0.286. The highest BCUT2D eigenvalue weighted by Gasteiger charge is 2.32. The molecule has 128 valence electrons. The number of ether oxygens (including phenoxy) is 4. The Balaban J connectivity index is 1.71. The van der Waals surface area contributed by atoms with Crippen molar-refractivity contribution in [1.82, 2.24) is 0 Å². The number of esters is 2. The first-order valence-electron chi connectivity index (χ1n) is 6.66. The molecule has 0 unspecified atom stereocenters. The lowest BCUT2D eigenvalue weighted by atomic mass is 10.5. The summed E-state index contributed by atoms with van der Waals surface area (Å²) in [5.74, 6) is -1.10. The minimum Gasteiger partial charge on any atom is -0.480 e. The maximum absolute atomic E-state index is 11.8. The predicted molar refractivity (Wildman–Crippen MR) is 96.5 cm³/mol. The highest BCUT2D eigenvalue weighted by molar-refractivity contribution is 8.29. The standard InChI is InChI=1S/C14H12O6S4/c1-17-11(15)9-10(12(16)18-2)22-7(21-9)3-4-8-23-13-14(24-8)20-6-5-19-13/h3-4H,5-6H2,1-2H3. The van der Waals surface area contributed by atoms with Crippen LogP contribution < -0.4 is 0 Å². The maximum Gasteiger partial charge on any atom is 0.346 e. The Bertz CT molecular complexity index is 656. The Morgan fingerprint density at radius 1 is 0.833 bits per heavy atom. The van der Waals surface area contributed by atoms with Crippen molar-refractivity contribution in [1.29, 1.82) is 0 Å². The number of hydrogen-bond acceptors (Lipinski definition) is 10. The van der Waals surface area contributed by atoms with Gasteiger partial charge < -0.3 is 18.9 Å². The summed E-state index contributed by atoms with van der Waals surface area (Å²) in [5, 5.41) is 1.57. The molecule has 0 saturated heterocycles. The zero-order chi connectivity index (χ0) is 17.1. The van der Waals surface area contributed by atoms with E-state index in [0.717, 1.165) is 18.7 Å². The summed E-state index contributed by atoms with van der Waals surface area (Å²) < 4.78 is 22.3. The minimum atomic E-state index is -0.549. The third kappa shape index (κ3) is 3.76. The van der Waals surface area contributed by atoms with Gasteiger partial charge in [0.2, 0.25) is 10.2 Å². The Labute approximate surface area is 155 Å². The molecule has 0 saturated carbocycles. The fourth-order valence-electron chi connectivity index (χ4n) is 1.77. The summed E-state index contributed by atoms with van der Waals surface area (Å²) in [6, 6.07) is 0. The molecule has 3 rings (SSSR count). The Kier molecular flexibility index (Phi) is 5.80. The average molecular weight is 405 g/mol. The zero-order valence-electron chi connectivity index (χ0n) is 12.7. The first-order valence-corrected chi connectivity index (χ1v) is 9.93. The Morgan fingerprint density at radius 2 is 1.25 bits per heavy atom. The van der Waals surface area contributed by atoms with Crippen molar-refractivity contribution in [3.63, 3.8) is 0 Å². The van der Waals surface area contributed by atoms with Crippen LogP contribution in [-0.4, -0.2) is 39.4 Å². The van der Waals surface area contributed by atoms with Crippen LogP contribution >= 0.6 is 47.0 Å². The second-order valence-corrected chi connectivity index (χ2v) is 8.94. The number of carbonyl (C=O) groups excluding carboxylic acids is 2. The van der Waals surface area contributed by atoms with Crippen molar-refractivity contribution in [3.05, 3.63) is 40.6 Å². The van der Waals surface area contributed by atoms with Gasteiger partial charge in [-0.15, -0.1) is 0 Å². The van der Waals surface area contributed by atoms with Gasteiger partial charge in [-0.05, 0) is 35.7 Å². The van der Waals surface area contributed by atoms with Crippen molar-refractivity contribution in [2.45, 2.75) is 0 Å². The summed E-state index contributed by atoms with van der Waals surface area (Å²) >= 11 is 5.38. The third-order valence-electron chi connectivity index (χ3n) is 2.81. The van der Waals surface area contributed by atoms with Crippen molar-refractivity contribution in [2.24, 2.45) is 0 Å². The van der Waals surface area contributed by atoms with Gasteiger partial charge in [0.1, 0.15) is 23.0 Å². The van der Waals surface area contributed by atoms with Crippen molar-refractivity contribution >= 4 is 59.0 Å². The number of methoxy groups -OCH3 is 2. The number of rotatable bonds is 3. The van der Waals surface area contributed by atoms with Crippen LogP contribution in [0.2, 0.25) is 0 Å². The number of carbonyl (C=O) groups is 2. The van der Waals surface area contributed by atoms with Gasteiger partial charge in [-0.2, -0.15) is 0 Å². The minimum absolute atomic E-state index is 0.245. The first-order chi connectivity index (χ1) is 11.6. The molecule has 0 N–H and O–H groups in total. The molecule has 10 heteroatoms. The van der Waals surface area contributed by atoms with E-state index in [-0.39, 0.29) is 9.81 Å². The van der Waals surface area contributed by atoms with Gasteiger partial charge in [0.25, 0.3) is 0 Å². The van der Waals surface area contributed by atoms with Gasteiger partial charge in [0.05, 0.1) is 22.7 Å². The van der Waals surface area contributed by atoms with E-state index in [1.54, 1.807) is 0 Å². The Morgan fingerprint density at radius 3 is 1.67 bits per heavy atom. The number of hydrogen-bond donors (Lipinski definition) is 0. The van der Waals surface area contributed by atoms with Crippen molar-refractivity contribution in [2.75, 3.05) is 27.4 Å². The molecule has 0 aliphatic carbocycles. The van der Waals surface area contributed by atoms with E-state index in [1.165, 1.54) is 61.3 Å². The molecule has 0 bridgehead atoms. The molecule has 0 amide bonds. The van der Waals surface area contributed by atoms with Gasteiger partial charge in [-0.3, -0.25) is 0 Å². The van der Waals surface area contributed by atoms with Crippen LogP contribution in [0.4, 0.5) is 0 Å². The third-order valence-corrected chi connectivity index (χ3v) is 7.55. The van der Waals surface area contributed by atoms with Crippen molar-refractivity contribution < 1.29 is 28.5 Å². The summed E-state index contributed by atoms with van der Waals surface area (Å²) in [5.41, 5.74) is 0. The van der Waals surface area contributed by atoms with Crippen LogP contribution in [-0.2, 0) is 28.5 Å². The summed E-state index contributed by atoms with van der Waals surface area (Å²) in [6.45, 7) is 1.11. The highest BCUT2D eigenvalue weighted by Crippen LogP contribution is 2.53. The van der Waals surface area contributed by atoms with Crippen LogP contribution in [0.1, 0.15) is 0 Å². The predicted octanol–water partition coefficient (Wildman–Crippen LogP) is 3.36. The van der Waals surface area contributed by atoms with Crippen LogP contribution in [0.25, 0.3) is 0 Å². The second kappa shape index (κ2) is 7.85. The molecule has 0 aromatic carbocycles. The topological polar surface area (TPSA) is 71.1 Å². The molecule has 0 atom stereocenters. The van der Waals surface area contributed by atoms with E-state index < -0.39 is 11.9 Å². The molecule has 3 aliphatic heterocycles. The highest BCUT2D eigenvalue weighted by atomic mass is 32.2. The molecular formula is C14H12O6S4. The molecule has 0 fully saturated rings. The molecule has 0 aromatic heterocycles. The monoisotopic (exact) mass is 404 g/mol. The van der Waals surface area contributed by atoms with E-state index in [1.807, 2.05) is 12.2 Å². The van der Waals surface area contributed by atoms with E-state index in [9.17, 15) is 9.59 Å². The molecular weight excluding hydrogens is 392 g/mol. The molecule has 3 aliphatic rings. The lowest BCUT2D eigenvalue weighted by Crippen LogP contribution is -2.08. The van der Waals surface area contributed by atoms with Crippen molar-refractivity contribution in [3.8, 4) is 0 Å². The summed E-state index contributed by atoms with van der Waals surface area (Å²) in [4.78, 5) is 24.1. The van der Waals surface area contributed by atoms with Gasteiger partial charge in [-0.25, -0.2) is 9.59 Å². The van der Waals surface area contributed by atoms with Gasteiger partial charge in [0, 0.05) is 0 Å². The smallest absolute Gasteiger partial charge is 0.346 e. The van der Waals surface area contributed by atoms with E-state index >= 15 is 0 Å². The van der Waals surface area contributed by atoms with Crippen LogP contribution in [0.15, 0.2) is 40.6 Å². The van der Waals surface area contributed by atoms with Gasteiger partial charge in [-0.1, -0.05) is 23.5 Å². The quantitative estimate of drug-likeness (QED) is 0.654. The summed E-state index contributed by atoms with van der Waals surface area (Å²) in [7, 11) is 2.56. The lowest BCUT2D eigenvalue weighted by molar-refractivity contribution is -0.138.